The average Bonchev–Trinajstić information content (AvgIpc) is 2.76. The molecule has 1 saturated heterocycles. The van der Waals surface area contributed by atoms with Gasteiger partial charge in [-0.3, -0.25) is 20.0 Å². The standard InChI is InChI=1S/C12H15N3O3/c13-10(12(17)18)7-8-2-1-3-9(6-8)15-5-4-11(16)14-15/h1-3,6,10H,4-5,7,13H2,(H,14,16)(H,17,18). The summed E-state index contributed by atoms with van der Waals surface area (Å²) in [4.78, 5) is 21.8. The van der Waals surface area contributed by atoms with E-state index < -0.39 is 12.0 Å². The molecule has 0 aliphatic carbocycles. The third kappa shape index (κ3) is 2.78. The molecule has 4 N–H and O–H groups in total. The van der Waals surface area contributed by atoms with Crippen LogP contribution in [0.1, 0.15) is 12.0 Å². The molecule has 0 bridgehead atoms. The number of carboxylic acids is 1. The van der Waals surface area contributed by atoms with Gasteiger partial charge in [0.25, 0.3) is 0 Å². The number of hydrazine groups is 1. The van der Waals surface area contributed by atoms with Crippen molar-refractivity contribution in [2.75, 3.05) is 11.6 Å². The molecule has 2 rings (SSSR count). The van der Waals surface area contributed by atoms with Crippen molar-refractivity contribution in [1.82, 2.24) is 5.43 Å². The molecule has 0 saturated carbocycles. The topological polar surface area (TPSA) is 95.7 Å². The lowest BCUT2D eigenvalue weighted by Crippen LogP contribution is -2.34. The first-order valence-electron chi connectivity index (χ1n) is 5.70. The summed E-state index contributed by atoms with van der Waals surface area (Å²) in [6.07, 6.45) is 0.740. The van der Waals surface area contributed by atoms with Crippen molar-refractivity contribution in [1.29, 1.82) is 0 Å². The van der Waals surface area contributed by atoms with E-state index in [0.717, 1.165) is 11.3 Å². The molecule has 6 heteroatoms. The van der Waals surface area contributed by atoms with Gasteiger partial charge in [-0.25, -0.2) is 0 Å². The number of aliphatic carboxylic acids is 1. The molecule has 96 valence electrons. The van der Waals surface area contributed by atoms with Crippen LogP contribution in [0.3, 0.4) is 0 Å². The van der Waals surface area contributed by atoms with Crippen LogP contribution in [0, 0.1) is 0 Å². The lowest BCUT2D eigenvalue weighted by Gasteiger charge is -2.18. The minimum atomic E-state index is -1.02. The summed E-state index contributed by atoms with van der Waals surface area (Å²) in [6.45, 7) is 0.618. The van der Waals surface area contributed by atoms with Crippen LogP contribution in [-0.2, 0) is 16.0 Å². The Morgan fingerprint density at radius 1 is 1.56 bits per heavy atom. The Bertz CT molecular complexity index is 475. The molecule has 1 heterocycles. The van der Waals surface area contributed by atoms with E-state index in [1.165, 1.54) is 0 Å². The zero-order valence-corrected chi connectivity index (χ0v) is 9.80. The molecule has 1 fully saturated rings. The van der Waals surface area contributed by atoms with Crippen molar-refractivity contribution in [3.63, 3.8) is 0 Å². The lowest BCUT2D eigenvalue weighted by atomic mass is 10.1. The van der Waals surface area contributed by atoms with Gasteiger partial charge in [-0.1, -0.05) is 12.1 Å². The number of carboxylic acid groups (broad SMARTS) is 1. The van der Waals surface area contributed by atoms with Gasteiger partial charge in [0.15, 0.2) is 0 Å². The van der Waals surface area contributed by atoms with E-state index in [2.05, 4.69) is 5.43 Å². The molecule has 1 amide bonds. The summed E-state index contributed by atoms with van der Waals surface area (Å²) in [6, 6.07) is 6.44. The molecule has 1 aromatic carbocycles. The van der Waals surface area contributed by atoms with E-state index in [9.17, 15) is 9.59 Å². The number of carbonyl (C=O) groups is 2. The fraction of sp³-hybridized carbons (Fsp3) is 0.333. The smallest absolute Gasteiger partial charge is 0.320 e. The van der Waals surface area contributed by atoms with Crippen molar-refractivity contribution in [2.45, 2.75) is 18.9 Å². The molecule has 6 nitrogen and oxygen atoms in total. The van der Waals surface area contributed by atoms with E-state index in [4.69, 9.17) is 10.8 Å². The van der Waals surface area contributed by atoms with Gasteiger partial charge >= 0.3 is 5.97 Å². The Morgan fingerprint density at radius 3 is 2.94 bits per heavy atom. The highest BCUT2D eigenvalue weighted by Crippen LogP contribution is 2.18. The molecule has 0 aromatic heterocycles. The number of nitrogens with two attached hydrogens (primary N) is 1. The second kappa shape index (κ2) is 5.05. The van der Waals surface area contributed by atoms with Crippen LogP contribution in [0.15, 0.2) is 24.3 Å². The Balaban J connectivity index is 2.10. The number of amides is 1. The first-order valence-corrected chi connectivity index (χ1v) is 5.70. The summed E-state index contributed by atoms with van der Waals surface area (Å²) in [5, 5.41) is 10.5. The molecule has 1 aromatic rings. The maximum Gasteiger partial charge on any atom is 0.320 e. The fourth-order valence-corrected chi connectivity index (χ4v) is 1.86. The molecule has 1 aliphatic rings. The first-order chi connectivity index (χ1) is 8.56. The Morgan fingerprint density at radius 2 is 2.33 bits per heavy atom. The van der Waals surface area contributed by atoms with Crippen LogP contribution in [0.2, 0.25) is 0 Å². The van der Waals surface area contributed by atoms with Gasteiger partial charge in [0.2, 0.25) is 5.91 Å². The maximum absolute atomic E-state index is 11.1. The van der Waals surface area contributed by atoms with Gasteiger partial charge in [-0.15, -0.1) is 0 Å². The van der Waals surface area contributed by atoms with Crippen LogP contribution in [0.4, 0.5) is 5.69 Å². The quantitative estimate of drug-likeness (QED) is 0.691. The third-order valence-electron chi connectivity index (χ3n) is 2.82. The number of benzene rings is 1. The molecule has 18 heavy (non-hydrogen) atoms. The van der Waals surface area contributed by atoms with Crippen LogP contribution >= 0.6 is 0 Å². The number of hydrogen-bond acceptors (Lipinski definition) is 4. The molecule has 1 aliphatic heterocycles. The van der Waals surface area contributed by atoms with E-state index >= 15 is 0 Å². The zero-order valence-electron chi connectivity index (χ0n) is 9.80. The highest BCUT2D eigenvalue weighted by Gasteiger charge is 2.19. The van der Waals surface area contributed by atoms with Crippen molar-refractivity contribution in [2.24, 2.45) is 5.73 Å². The van der Waals surface area contributed by atoms with Gasteiger partial charge in [-0.2, -0.15) is 0 Å². The number of carbonyl (C=O) groups excluding carboxylic acids is 1. The second-order valence-corrected chi connectivity index (χ2v) is 4.26. The average molecular weight is 249 g/mol. The Kier molecular flexibility index (Phi) is 3.47. The van der Waals surface area contributed by atoms with Gasteiger partial charge in [-0.05, 0) is 24.1 Å². The third-order valence-corrected chi connectivity index (χ3v) is 2.82. The van der Waals surface area contributed by atoms with Crippen molar-refractivity contribution >= 4 is 17.6 Å². The van der Waals surface area contributed by atoms with Crippen molar-refractivity contribution < 1.29 is 14.7 Å². The normalized spacial score (nSPS) is 16.5. The predicted molar refractivity (Wildman–Crippen MR) is 65.9 cm³/mol. The van der Waals surface area contributed by atoms with Crippen LogP contribution < -0.4 is 16.2 Å². The van der Waals surface area contributed by atoms with E-state index in [-0.39, 0.29) is 12.3 Å². The van der Waals surface area contributed by atoms with Crippen LogP contribution in [0.5, 0.6) is 0 Å². The highest BCUT2D eigenvalue weighted by atomic mass is 16.4. The largest absolute Gasteiger partial charge is 0.480 e. The lowest BCUT2D eigenvalue weighted by molar-refractivity contribution is -0.138. The van der Waals surface area contributed by atoms with Gasteiger partial charge in [0.05, 0.1) is 5.69 Å². The number of anilines is 1. The summed E-state index contributed by atoms with van der Waals surface area (Å²) in [5.74, 6) is -1.03. The summed E-state index contributed by atoms with van der Waals surface area (Å²) >= 11 is 0. The van der Waals surface area contributed by atoms with Crippen LogP contribution in [0.25, 0.3) is 0 Å². The van der Waals surface area contributed by atoms with Gasteiger partial charge in [0.1, 0.15) is 6.04 Å². The molecule has 0 radical (unpaired) electrons. The minimum Gasteiger partial charge on any atom is -0.480 e. The number of hydrogen-bond donors (Lipinski definition) is 3. The second-order valence-electron chi connectivity index (χ2n) is 4.26. The number of nitrogens with one attached hydrogen (secondary N) is 1. The number of nitrogens with zero attached hydrogens (tertiary/aromatic N) is 1. The van der Waals surface area contributed by atoms with Crippen molar-refractivity contribution in [3.05, 3.63) is 29.8 Å². The summed E-state index contributed by atoms with van der Waals surface area (Å²) < 4.78 is 0. The molecule has 1 unspecified atom stereocenters. The van der Waals surface area contributed by atoms with E-state index in [1.54, 1.807) is 5.01 Å². The molecule has 0 spiro atoms. The monoisotopic (exact) mass is 249 g/mol. The molecule has 1 atom stereocenters. The molecular weight excluding hydrogens is 234 g/mol. The van der Waals surface area contributed by atoms with E-state index in [1.807, 2.05) is 24.3 Å². The predicted octanol–water partition coefficient (Wildman–Crippen LogP) is -0.118. The zero-order chi connectivity index (χ0) is 13.1. The molecular formula is C12H15N3O3. The van der Waals surface area contributed by atoms with Gasteiger partial charge < -0.3 is 10.8 Å². The summed E-state index contributed by atoms with van der Waals surface area (Å²) in [7, 11) is 0. The van der Waals surface area contributed by atoms with Crippen LogP contribution in [-0.4, -0.2) is 29.6 Å². The maximum atomic E-state index is 11.1. The Labute approximate surface area is 104 Å². The Hall–Kier alpha value is -2.08. The van der Waals surface area contributed by atoms with Gasteiger partial charge in [0, 0.05) is 13.0 Å². The fourth-order valence-electron chi connectivity index (χ4n) is 1.86. The van der Waals surface area contributed by atoms with E-state index in [0.29, 0.717) is 13.0 Å². The number of rotatable bonds is 4. The first kappa shape index (κ1) is 12.4. The summed E-state index contributed by atoms with van der Waals surface area (Å²) in [5.41, 5.74) is 9.89. The SMILES string of the molecule is NC(Cc1cccc(N2CCC(=O)N2)c1)C(=O)O. The minimum absolute atomic E-state index is 0.0114. The highest BCUT2D eigenvalue weighted by molar-refractivity contribution is 5.81. The van der Waals surface area contributed by atoms with Crippen molar-refractivity contribution in [3.8, 4) is 0 Å².